The van der Waals surface area contributed by atoms with E-state index < -0.39 is 0 Å². The molecule has 0 saturated carbocycles. The van der Waals surface area contributed by atoms with Crippen LogP contribution in [0.5, 0.6) is 5.88 Å². The second-order valence-electron chi connectivity index (χ2n) is 6.35. The summed E-state index contributed by atoms with van der Waals surface area (Å²) in [4.78, 5) is 11.9. The van der Waals surface area contributed by atoms with Crippen LogP contribution >= 0.6 is 23.2 Å². The number of halogens is 2. The molecule has 2 aromatic rings. The van der Waals surface area contributed by atoms with Gasteiger partial charge in [-0.2, -0.15) is 5.10 Å². The van der Waals surface area contributed by atoms with E-state index in [0.717, 1.165) is 12.1 Å². The van der Waals surface area contributed by atoms with Gasteiger partial charge in [-0.3, -0.25) is 4.79 Å². The number of esters is 1. The van der Waals surface area contributed by atoms with Gasteiger partial charge in [0.1, 0.15) is 0 Å². The smallest absolute Gasteiger partial charge is 0.312 e. The van der Waals surface area contributed by atoms with Crippen LogP contribution in [0.1, 0.15) is 46.2 Å². The minimum Gasteiger partial charge on any atom is -0.407 e. The van der Waals surface area contributed by atoms with Crippen LogP contribution in [0.15, 0.2) is 24.3 Å². The van der Waals surface area contributed by atoms with Gasteiger partial charge in [0.2, 0.25) is 5.88 Å². The third kappa shape index (κ3) is 4.27. The van der Waals surface area contributed by atoms with Gasteiger partial charge in [-0.15, -0.1) is 0 Å². The zero-order valence-electron chi connectivity index (χ0n) is 13.7. The van der Waals surface area contributed by atoms with Crippen molar-refractivity contribution in [3.63, 3.8) is 0 Å². The highest BCUT2D eigenvalue weighted by Crippen LogP contribution is 2.30. The number of hydrogen-bond donors (Lipinski definition) is 0. The summed E-state index contributed by atoms with van der Waals surface area (Å²) >= 11 is 12.1. The van der Waals surface area contributed by atoms with Crippen LogP contribution < -0.4 is 4.74 Å². The van der Waals surface area contributed by atoms with Crippen molar-refractivity contribution >= 4 is 29.2 Å². The lowest BCUT2D eigenvalue weighted by Gasteiger charge is -2.14. The van der Waals surface area contributed by atoms with Gasteiger partial charge in [0.05, 0.1) is 21.4 Å². The van der Waals surface area contributed by atoms with Gasteiger partial charge >= 0.3 is 5.97 Å². The third-order valence-electron chi connectivity index (χ3n) is 3.27. The first-order valence-corrected chi connectivity index (χ1v) is 8.24. The van der Waals surface area contributed by atoms with Crippen LogP contribution in [0.2, 0.25) is 10.0 Å². The standard InChI is InChI=1S/C17H20Cl2N2O2/c1-5-6-16(22)23-15-10-14(17(2,3)4)20-21(15)11-7-8-12(18)13(19)9-11/h7-10H,5-6H2,1-4H3. The molecule has 4 nitrogen and oxygen atoms in total. The molecule has 0 atom stereocenters. The zero-order valence-corrected chi connectivity index (χ0v) is 15.2. The highest BCUT2D eigenvalue weighted by molar-refractivity contribution is 6.42. The monoisotopic (exact) mass is 354 g/mol. The molecule has 0 aliphatic rings. The van der Waals surface area contributed by atoms with Crippen LogP contribution in [-0.2, 0) is 10.2 Å². The molecule has 0 aliphatic carbocycles. The normalized spacial score (nSPS) is 11.6. The molecule has 0 N–H and O–H groups in total. The molecule has 0 bridgehead atoms. The van der Waals surface area contributed by atoms with Crippen molar-refractivity contribution < 1.29 is 9.53 Å². The fraction of sp³-hybridized carbons (Fsp3) is 0.412. The molecule has 0 aliphatic heterocycles. The number of aromatic nitrogens is 2. The van der Waals surface area contributed by atoms with Crippen LogP contribution in [-0.4, -0.2) is 15.7 Å². The van der Waals surface area contributed by atoms with Crippen LogP contribution in [0.25, 0.3) is 5.69 Å². The predicted octanol–water partition coefficient (Wildman–Crippen LogP) is 5.18. The fourth-order valence-electron chi connectivity index (χ4n) is 1.98. The first kappa shape index (κ1) is 17.8. The quantitative estimate of drug-likeness (QED) is 0.710. The topological polar surface area (TPSA) is 44.1 Å². The van der Waals surface area contributed by atoms with Crippen molar-refractivity contribution in [1.29, 1.82) is 0 Å². The van der Waals surface area contributed by atoms with E-state index in [4.69, 9.17) is 27.9 Å². The van der Waals surface area contributed by atoms with Gasteiger partial charge in [-0.1, -0.05) is 50.9 Å². The molecule has 0 amide bonds. The van der Waals surface area contributed by atoms with Gasteiger partial charge in [-0.05, 0) is 24.6 Å². The molecule has 6 heteroatoms. The third-order valence-corrected chi connectivity index (χ3v) is 4.00. The van der Waals surface area contributed by atoms with Crippen LogP contribution in [0.4, 0.5) is 0 Å². The minimum atomic E-state index is -0.283. The molecular formula is C17H20Cl2N2O2. The molecule has 1 aromatic carbocycles. The Hall–Kier alpha value is -1.52. The summed E-state index contributed by atoms with van der Waals surface area (Å²) in [6.07, 6.45) is 1.09. The summed E-state index contributed by atoms with van der Waals surface area (Å²) in [7, 11) is 0. The second kappa shape index (κ2) is 6.93. The molecule has 2 rings (SSSR count). The van der Waals surface area contributed by atoms with Crippen molar-refractivity contribution in [2.24, 2.45) is 0 Å². The molecule has 0 radical (unpaired) electrons. The molecule has 0 unspecified atom stereocenters. The maximum Gasteiger partial charge on any atom is 0.312 e. The van der Waals surface area contributed by atoms with Crippen LogP contribution in [0, 0.1) is 0 Å². The summed E-state index contributed by atoms with van der Waals surface area (Å²) in [6.45, 7) is 8.07. The van der Waals surface area contributed by atoms with E-state index in [0.29, 0.717) is 28.0 Å². The minimum absolute atomic E-state index is 0.173. The Kier molecular flexibility index (Phi) is 5.37. The van der Waals surface area contributed by atoms with Gasteiger partial charge in [-0.25, -0.2) is 4.68 Å². The van der Waals surface area contributed by atoms with E-state index in [-0.39, 0.29) is 11.4 Å². The Morgan fingerprint density at radius 3 is 2.48 bits per heavy atom. The van der Waals surface area contributed by atoms with E-state index in [2.05, 4.69) is 5.10 Å². The van der Waals surface area contributed by atoms with Crippen molar-refractivity contribution in [1.82, 2.24) is 9.78 Å². The molecule has 0 spiro atoms. The fourth-order valence-corrected chi connectivity index (χ4v) is 2.27. The average Bonchev–Trinajstić information content (AvgIpc) is 2.86. The summed E-state index contributed by atoms with van der Waals surface area (Å²) in [5.41, 5.74) is 1.34. The zero-order chi connectivity index (χ0) is 17.2. The number of carbonyl (C=O) groups is 1. The van der Waals surface area contributed by atoms with Gasteiger partial charge in [0, 0.05) is 17.9 Å². The first-order chi connectivity index (χ1) is 10.7. The molecule has 0 fully saturated rings. The van der Waals surface area contributed by atoms with Crippen molar-refractivity contribution in [2.45, 2.75) is 46.0 Å². The lowest BCUT2D eigenvalue weighted by atomic mass is 9.93. The van der Waals surface area contributed by atoms with Crippen molar-refractivity contribution in [3.8, 4) is 11.6 Å². The SMILES string of the molecule is CCCC(=O)Oc1cc(C(C)(C)C)nn1-c1ccc(Cl)c(Cl)c1. The van der Waals surface area contributed by atoms with Gasteiger partial charge in [0.25, 0.3) is 0 Å². The van der Waals surface area contributed by atoms with E-state index in [1.54, 1.807) is 28.9 Å². The number of rotatable bonds is 4. The number of benzene rings is 1. The highest BCUT2D eigenvalue weighted by atomic mass is 35.5. The van der Waals surface area contributed by atoms with Crippen molar-refractivity contribution in [3.05, 3.63) is 40.0 Å². The van der Waals surface area contributed by atoms with Gasteiger partial charge < -0.3 is 4.74 Å². The summed E-state index contributed by atoms with van der Waals surface area (Å²) in [5.74, 6) is 0.0981. The molecular weight excluding hydrogens is 335 g/mol. The Morgan fingerprint density at radius 1 is 1.22 bits per heavy atom. The largest absolute Gasteiger partial charge is 0.407 e. The molecule has 23 heavy (non-hydrogen) atoms. The Bertz CT molecular complexity index is 718. The molecule has 1 aromatic heterocycles. The van der Waals surface area contributed by atoms with E-state index in [1.807, 2.05) is 27.7 Å². The number of ether oxygens (including phenoxy) is 1. The molecule has 0 saturated heterocycles. The van der Waals surface area contributed by atoms with E-state index in [9.17, 15) is 4.79 Å². The average molecular weight is 355 g/mol. The molecule has 124 valence electrons. The van der Waals surface area contributed by atoms with Crippen LogP contribution in [0.3, 0.4) is 0 Å². The Labute approximate surface area is 146 Å². The Balaban J connectivity index is 2.48. The molecule has 1 heterocycles. The lowest BCUT2D eigenvalue weighted by molar-refractivity contribution is -0.134. The summed E-state index contributed by atoms with van der Waals surface area (Å²) in [5, 5.41) is 5.45. The number of hydrogen-bond acceptors (Lipinski definition) is 3. The predicted molar refractivity (Wildman–Crippen MR) is 92.8 cm³/mol. The summed E-state index contributed by atoms with van der Waals surface area (Å²) in [6, 6.07) is 6.96. The lowest BCUT2D eigenvalue weighted by Crippen LogP contribution is -2.13. The second-order valence-corrected chi connectivity index (χ2v) is 7.17. The van der Waals surface area contributed by atoms with Gasteiger partial charge in [0.15, 0.2) is 0 Å². The maximum absolute atomic E-state index is 11.9. The highest BCUT2D eigenvalue weighted by Gasteiger charge is 2.22. The van der Waals surface area contributed by atoms with E-state index in [1.165, 1.54) is 0 Å². The maximum atomic E-state index is 11.9. The number of carbonyl (C=O) groups excluding carboxylic acids is 1. The Morgan fingerprint density at radius 2 is 1.91 bits per heavy atom. The first-order valence-electron chi connectivity index (χ1n) is 7.49. The number of nitrogens with zero attached hydrogens (tertiary/aromatic N) is 2. The van der Waals surface area contributed by atoms with Crippen molar-refractivity contribution in [2.75, 3.05) is 0 Å². The van der Waals surface area contributed by atoms with E-state index >= 15 is 0 Å². The summed E-state index contributed by atoms with van der Waals surface area (Å²) < 4.78 is 7.05.